The molecule has 86 valence electrons. The molecule has 0 aromatic heterocycles. The summed E-state index contributed by atoms with van der Waals surface area (Å²) in [6.45, 7) is -2.85. The fraction of sp³-hybridized carbons (Fsp3) is 0.364. The van der Waals surface area contributed by atoms with Gasteiger partial charge in [0.05, 0.1) is 13.2 Å². The van der Waals surface area contributed by atoms with Gasteiger partial charge in [0.2, 0.25) is 0 Å². The SMILES string of the molecule is COc1cc(OC(F)F)ccc1CCC#N. The highest BCUT2D eigenvalue weighted by molar-refractivity contribution is 5.41. The van der Waals surface area contributed by atoms with E-state index in [4.69, 9.17) is 10.00 Å². The van der Waals surface area contributed by atoms with Crippen LogP contribution in [0.4, 0.5) is 8.78 Å². The van der Waals surface area contributed by atoms with Crippen molar-refractivity contribution in [2.75, 3.05) is 7.11 Å². The summed E-state index contributed by atoms with van der Waals surface area (Å²) in [5.74, 6) is 0.501. The van der Waals surface area contributed by atoms with Gasteiger partial charge < -0.3 is 9.47 Å². The topological polar surface area (TPSA) is 42.2 Å². The molecule has 0 fully saturated rings. The Bertz CT molecular complexity index is 388. The Morgan fingerprint density at radius 1 is 1.44 bits per heavy atom. The monoisotopic (exact) mass is 227 g/mol. The zero-order chi connectivity index (χ0) is 12.0. The van der Waals surface area contributed by atoms with Crippen LogP contribution in [0.3, 0.4) is 0 Å². The van der Waals surface area contributed by atoms with E-state index in [2.05, 4.69) is 4.74 Å². The number of ether oxygens (including phenoxy) is 2. The average Bonchev–Trinajstić information content (AvgIpc) is 2.26. The van der Waals surface area contributed by atoms with E-state index in [9.17, 15) is 8.78 Å². The molecular formula is C11H11F2NO2. The lowest BCUT2D eigenvalue weighted by molar-refractivity contribution is -0.0499. The van der Waals surface area contributed by atoms with Crippen LogP contribution in [-0.2, 0) is 6.42 Å². The summed E-state index contributed by atoms with van der Waals surface area (Å²) in [7, 11) is 1.44. The van der Waals surface area contributed by atoms with E-state index >= 15 is 0 Å². The first-order valence-corrected chi connectivity index (χ1v) is 4.66. The molecule has 1 aromatic carbocycles. The Morgan fingerprint density at radius 2 is 2.19 bits per heavy atom. The number of aryl methyl sites for hydroxylation is 1. The van der Waals surface area contributed by atoms with Gasteiger partial charge in [-0.15, -0.1) is 0 Å². The number of hydrogen-bond donors (Lipinski definition) is 0. The van der Waals surface area contributed by atoms with Crippen molar-refractivity contribution >= 4 is 0 Å². The molecule has 0 amide bonds. The van der Waals surface area contributed by atoms with E-state index in [1.165, 1.54) is 19.2 Å². The van der Waals surface area contributed by atoms with Gasteiger partial charge in [0, 0.05) is 12.5 Å². The van der Waals surface area contributed by atoms with E-state index in [0.717, 1.165) is 5.56 Å². The van der Waals surface area contributed by atoms with Gasteiger partial charge in [-0.25, -0.2) is 0 Å². The van der Waals surface area contributed by atoms with Crippen LogP contribution < -0.4 is 9.47 Å². The minimum atomic E-state index is -2.85. The molecule has 0 heterocycles. The third-order valence-electron chi connectivity index (χ3n) is 1.99. The molecule has 0 N–H and O–H groups in total. The van der Waals surface area contributed by atoms with Crippen molar-refractivity contribution in [2.24, 2.45) is 0 Å². The molecule has 0 spiro atoms. The molecule has 1 aromatic rings. The molecule has 0 saturated carbocycles. The van der Waals surface area contributed by atoms with Crippen molar-refractivity contribution in [1.29, 1.82) is 5.26 Å². The zero-order valence-electron chi connectivity index (χ0n) is 8.74. The molecule has 0 bridgehead atoms. The number of methoxy groups -OCH3 is 1. The predicted octanol–water partition coefficient (Wildman–Crippen LogP) is 2.75. The highest BCUT2D eigenvalue weighted by Crippen LogP contribution is 2.26. The van der Waals surface area contributed by atoms with Gasteiger partial charge in [-0.05, 0) is 18.1 Å². The summed E-state index contributed by atoms with van der Waals surface area (Å²) in [4.78, 5) is 0. The molecular weight excluding hydrogens is 216 g/mol. The van der Waals surface area contributed by atoms with Crippen LogP contribution in [0.5, 0.6) is 11.5 Å². The molecule has 0 atom stereocenters. The first kappa shape index (κ1) is 12.2. The number of halogens is 2. The molecule has 5 heteroatoms. The summed E-state index contributed by atoms with van der Waals surface area (Å²) >= 11 is 0. The summed E-state index contributed by atoms with van der Waals surface area (Å²) in [6, 6.07) is 6.45. The number of alkyl halides is 2. The number of hydrogen-bond acceptors (Lipinski definition) is 3. The van der Waals surface area contributed by atoms with Gasteiger partial charge >= 0.3 is 6.61 Å². The van der Waals surface area contributed by atoms with E-state index < -0.39 is 6.61 Å². The van der Waals surface area contributed by atoms with Gasteiger partial charge in [0.15, 0.2) is 0 Å². The predicted molar refractivity (Wildman–Crippen MR) is 53.6 cm³/mol. The summed E-state index contributed by atoms with van der Waals surface area (Å²) in [5, 5.41) is 8.45. The Hall–Kier alpha value is -1.83. The second-order valence-corrected chi connectivity index (χ2v) is 3.01. The number of nitrogens with zero attached hydrogens (tertiary/aromatic N) is 1. The fourth-order valence-corrected chi connectivity index (χ4v) is 1.30. The minimum Gasteiger partial charge on any atom is -0.496 e. The second kappa shape index (κ2) is 5.91. The highest BCUT2D eigenvalue weighted by Gasteiger charge is 2.08. The Morgan fingerprint density at radius 3 is 2.75 bits per heavy atom. The third-order valence-corrected chi connectivity index (χ3v) is 1.99. The number of rotatable bonds is 5. The lowest BCUT2D eigenvalue weighted by atomic mass is 10.1. The molecule has 3 nitrogen and oxygen atoms in total. The maximum Gasteiger partial charge on any atom is 0.387 e. The smallest absolute Gasteiger partial charge is 0.387 e. The lowest BCUT2D eigenvalue weighted by Gasteiger charge is -2.10. The van der Waals surface area contributed by atoms with E-state index in [1.807, 2.05) is 6.07 Å². The standard InChI is InChI=1S/C11H11F2NO2/c1-15-10-7-9(16-11(12)13)5-4-8(10)3-2-6-14/h4-5,7,11H,2-3H2,1H3. The molecule has 0 aliphatic carbocycles. The van der Waals surface area contributed by atoms with Crippen molar-refractivity contribution in [3.8, 4) is 17.6 Å². The fourth-order valence-electron chi connectivity index (χ4n) is 1.30. The van der Waals surface area contributed by atoms with Crippen LogP contribution in [0.2, 0.25) is 0 Å². The van der Waals surface area contributed by atoms with Crippen LogP contribution in [0.25, 0.3) is 0 Å². The minimum absolute atomic E-state index is 0.0487. The highest BCUT2D eigenvalue weighted by atomic mass is 19.3. The van der Waals surface area contributed by atoms with Gasteiger partial charge in [-0.2, -0.15) is 14.0 Å². The van der Waals surface area contributed by atoms with Crippen molar-refractivity contribution in [3.05, 3.63) is 23.8 Å². The summed E-state index contributed by atoms with van der Waals surface area (Å²) < 4.78 is 33.2. The molecule has 16 heavy (non-hydrogen) atoms. The Balaban J connectivity index is 2.84. The van der Waals surface area contributed by atoms with Gasteiger partial charge in [0.25, 0.3) is 0 Å². The van der Waals surface area contributed by atoms with Crippen LogP contribution in [0, 0.1) is 11.3 Å². The van der Waals surface area contributed by atoms with Crippen molar-refractivity contribution < 1.29 is 18.3 Å². The number of nitriles is 1. The van der Waals surface area contributed by atoms with Gasteiger partial charge in [-0.1, -0.05) is 6.07 Å². The first-order chi connectivity index (χ1) is 7.67. The average molecular weight is 227 g/mol. The third kappa shape index (κ3) is 3.39. The quantitative estimate of drug-likeness (QED) is 0.776. The summed E-state index contributed by atoms with van der Waals surface area (Å²) in [5.41, 5.74) is 0.797. The van der Waals surface area contributed by atoms with Crippen molar-refractivity contribution in [1.82, 2.24) is 0 Å². The van der Waals surface area contributed by atoms with Crippen LogP contribution in [0.15, 0.2) is 18.2 Å². The molecule has 0 saturated heterocycles. The van der Waals surface area contributed by atoms with E-state index in [-0.39, 0.29) is 5.75 Å². The second-order valence-electron chi connectivity index (χ2n) is 3.01. The Labute approximate surface area is 92.2 Å². The maximum atomic E-state index is 12.0. The van der Waals surface area contributed by atoms with E-state index in [0.29, 0.717) is 18.6 Å². The zero-order valence-corrected chi connectivity index (χ0v) is 8.74. The van der Waals surface area contributed by atoms with Crippen LogP contribution in [-0.4, -0.2) is 13.7 Å². The van der Waals surface area contributed by atoms with Gasteiger partial charge in [-0.3, -0.25) is 0 Å². The first-order valence-electron chi connectivity index (χ1n) is 4.66. The van der Waals surface area contributed by atoms with Crippen molar-refractivity contribution in [2.45, 2.75) is 19.5 Å². The molecule has 0 radical (unpaired) electrons. The lowest BCUT2D eigenvalue weighted by Crippen LogP contribution is -2.02. The largest absolute Gasteiger partial charge is 0.496 e. The van der Waals surface area contributed by atoms with E-state index in [1.54, 1.807) is 6.07 Å². The van der Waals surface area contributed by atoms with Gasteiger partial charge in [0.1, 0.15) is 11.5 Å². The normalized spacial score (nSPS) is 9.94. The molecule has 0 unspecified atom stereocenters. The maximum absolute atomic E-state index is 12.0. The molecule has 0 aliphatic heterocycles. The molecule has 1 rings (SSSR count). The molecule has 0 aliphatic rings. The van der Waals surface area contributed by atoms with Crippen molar-refractivity contribution in [3.63, 3.8) is 0 Å². The van der Waals surface area contributed by atoms with Crippen LogP contribution >= 0.6 is 0 Å². The summed E-state index contributed by atoms with van der Waals surface area (Å²) in [6.07, 6.45) is 0.875. The van der Waals surface area contributed by atoms with Crippen LogP contribution in [0.1, 0.15) is 12.0 Å². The number of benzene rings is 1. The Kier molecular flexibility index (Phi) is 4.52.